The van der Waals surface area contributed by atoms with Crippen LogP contribution in [0.2, 0.25) is 0 Å². The number of aliphatic hydroxyl groups is 1. The quantitative estimate of drug-likeness (QED) is 0.792. The Morgan fingerprint density at radius 1 is 1.00 bits per heavy atom. The first kappa shape index (κ1) is 14.8. The van der Waals surface area contributed by atoms with Crippen molar-refractivity contribution in [3.8, 4) is 0 Å². The van der Waals surface area contributed by atoms with Crippen LogP contribution >= 0.6 is 0 Å². The van der Waals surface area contributed by atoms with Crippen LogP contribution in [-0.2, 0) is 5.41 Å². The van der Waals surface area contributed by atoms with Crippen molar-refractivity contribution in [2.75, 3.05) is 0 Å². The van der Waals surface area contributed by atoms with E-state index >= 15 is 0 Å². The number of aliphatic hydroxyl groups excluding tert-OH is 1. The van der Waals surface area contributed by atoms with Crippen LogP contribution in [0.1, 0.15) is 63.3 Å². The molecule has 0 fully saturated rings. The summed E-state index contributed by atoms with van der Waals surface area (Å²) >= 11 is 0. The number of hydrogen-bond acceptors (Lipinski definition) is 4. The fourth-order valence-corrected chi connectivity index (χ4v) is 4.18. The zero-order chi connectivity index (χ0) is 17.2. The first-order valence-corrected chi connectivity index (χ1v) is 7.95. The average Bonchev–Trinajstić information content (AvgIpc) is 2.55. The van der Waals surface area contributed by atoms with E-state index in [0.717, 1.165) is 24.0 Å². The maximum Gasteiger partial charge on any atom is 0.227 e. The van der Waals surface area contributed by atoms with Crippen molar-refractivity contribution in [1.29, 1.82) is 0 Å². The van der Waals surface area contributed by atoms with Crippen LogP contribution in [-0.4, -0.2) is 22.5 Å². The Morgan fingerprint density at radius 3 is 2.29 bits per heavy atom. The zero-order valence-corrected chi connectivity index (χ0v) is 13.5. The van der Waals surface area contributed by atoms with E-state index in [9.17, 15) is 19.5 Å². The second-order valence-corrected chi connectivity index (χ2v) is 6.82. The highest BCUT2D eigenvalue weighted by molar-refractivity contribution is 6.23. The van der Waals surface area contributed by atoms with Crippen molar-refractivity contribution in [2.24, 2.45) is 0 Å². The highest BCUT2D eigenvalue weighted by Gasteiger charge is 2.45. The van der Waals surface area contributed by atoms with E-state index in [1.807, 2.05) is 19.9 Å². The van der Waals surface area contributed by atoms with Gasteiger partial charge < -0.3 is 5.11 Å². The van der Waals surface area contributed by atoms with Gasteiger partial charge in [-0.15, -0.1) is 0 Å². The number of rotatable bonds is 0. The lowest BCUT2D eigenvalue weighted by atomic mass is 9.62. The summed E-state index contributed by atoms with van der Waals surface area (Å²) < 4.78 is 0. The van der Waals surface area contributed by atoms with E-state index < -0.39 is 11.2 Å². The van der Waals surface area contributed by atoms with Gasteiger partial charge >= 0.3 is 0 Å². The second kappa shape index (κ2) is 4.63. The van der Waals surface area contributed by atoms with Gasteiger partial charge in [0.05, 0.1) is 0 Å². The molecule has 3 aliphatic rings. The number of hydrogen-bond donors (Lipinski definition) is 1. The van der Waals surface area contributed by atoms with Gasteiger partial charge in [0.1, 0.15) is 0 Å². The Balaban J connectivity index is 2.06. The minimum atomic E-state index is -0.536. The summed E-state index contributed by atoms with van der Waals surface area (Å²) in [5.41, 5.74) is 2.61. The van der Waals surface area contributed by atoms with Crippen molar-refractivity contribution in [2.45, 2.75) is 32.1 Å². The fourth-order valence-electron chi connectivity index (χ4n) is 4.18. The molecule has 0 aliphatic heterocycles. The zero-order valence-electron chi connectivity index (χ0n) is 13.5. The smallest absolute Gasteiger partial charge is 0.227 e. The van der Waals surface area contributed by atoms with Gasteiger partial charge in [0.2, 0.25) is 5.78 Å². The van der Waals surface area contributed by atoms with Gasteiger partial charge in [0.15, 0.2) is 17.3 Å². The molecule has 1 atom stereocenters. The molecule has 4 nitrogen and oxygen atoms in total. The van der Waals surface area contributed by atoms with Gasteiger partial charge in [-0.3, -0.25) is 14.4 Å². The van der Waals surface area contributed by atoms with Gasteiger partial charge in [-0.1, -0.05) is 13.0 Å². The Labute approximate surface area is 139 Å². The van der Waals surface area contributed by atoms with Crippen LogP contribution in [0.25, 0.3) is 0 Å². The van der Waals surface area contributed by atoms with Crippen LogP contribution in [0.15, 0.2) is 47.3 Å². The SMILES string of the molecule is CC1=CCC[C@@]2(C)C1=C(O)C(=O)c1cc3c(cc12)C(=O)C=CC3=O. The molecule has 1 aromatic rings. The Bertz CT molecular complexity index is 943. The van der Waals surface area contributed by atoms with Crippen LogP contribution in [0.5, 0.6) is 0 Å². The highest BCUT2D eigenvalue weighted by atomic mass is 16.3. The van der Waals surface area contributed by atoms with Crippen molar-refractivity contribution in [1.82, 2.24) is 0 Å². The van der Waals surface area contributed by atoms with Gasteiger partial charge in [0, 0.05) is 27.7 Å². The second-order valence-electron chi connectivity index (χ2n) is 6.82. The summed E-state index contributed by atoms with van der Waals surface area (Å²) in [7, 11) is 0. The third-order valence-electron chi connectivity index (χ3n) is 5.41. The highest BCUT2D eigenvalue weighted by Crippen LogP contribution is 2.49. The molecule has 1 N–H and O–H groups in total. The van der Waals surface area contributed by atoms with Gasteiger partial charge in [0.25, 0.3) is 0 Å². The molecule has 0 aromatic heterocycles. The molecule has 24 heavy (non-hydrogen) atoms. The maximum atomic E-state index is 12.7. The number of allylic oxidation sites excluding steroid dienone is 6. The molecule has 0 saturated heterocycles. The monoisotopic (exact) mass is 320 g/mol. The Morgan fingerprint density at radius 2 is 1.62 bits per heavy atom. The van der Waals surface area contributed by atoms with Crippen LogP contribution in [0.3, 0.4) is 0 Å². The predicted octanol–water partition coefficient (Wildman–Crippen LogP) is 3.63. The van der Waals surface area contributed by atoms with Crippen LogP contribution in [0.4, 0.5) is 0 Å². The molecule has 0 bridgehead atoms. The van der Waals surface area contributed by atoms with Crippen molar-refractivity contribution >= 4 is 17.3 Å². The third kappa shape index (κ3) is 1.71. The molecule has 1 aromatic carbocycles. The van der Waals surface area contributed by atoms with Gasteiger partial charge in [-0.25, -0.2) is 0 Å². The van der Waals surface area contributed by atoms with E-state index in [0.29, 0.717) is 16.7 Å². The minimum Gasteiger partial charge on any atom is -0.504 e. The van der Waals surface area contributed by atoms with Gasteiger partial charge in [-0.2, -0.15) is 0 Å². The molecule has 0 radical (unpaired) electrons. The molecule has 0 heterocycles. The normalized spacial score (nSPS) is 25.2. The first-order valence-electron chi connectivity index (χ1n) is 7.95. The summed E-state index contributed by atoms with van der Waals surface area (Å²) in [6.45, 7) is 3.87. The topological polar surface area (TPSA) is 71.4 Å². The van der Waals surface area contributed by atoms with Gasteiger partial charge in [-0.05, 0) is 55.2 Å². The van der Waals surface area contributed by atoms with E-state index in [4.69, 9.17) is 0 Å². The third-order valence-corrected chi connectivity index (χ3v) is 5.41. The standard InChI is InChI=1S/C20H16O4/c1-10-4-3-7-20(2)14-9-12-11(15(21)5-6-16(12)22)8-13(14)18(23)19(24)17(10)20/h4-6,8-9,24H,3,7H2,1-2H3/t20-/m1/s1. The van der Waals surface area contributed by atoms with Crippen LogP contribution < -0.4 is 0 Å². The molecular weight excluding hydrogens is 304 g/mol. The lowest BCUT2D eigenvalue weighted by Gasteiger charge is -2.41. The number of carbonyl (C=O) groups is 3. The molecule has 0 spiro atoms. The summed E-state index contributed by atoms with van der Waals surface area (Å²) in [5, 5.41) is 10.5. The number of ketones is 3. The van der Waals surface area contributed by atoms with E-state index in [1.54, 1.807) is 6.07 Å². The molecule has 120 valence electrons. The lowest BCUT2D eigenvalue weighted by molar-refractivity contribution is 0.0959. The molecule has 0 saturated carbocycles. The molecule has 4 heteroatoms. The van der Waals surface area contributed by atoms with Crippen molar-refractivity contribution < 1.29 is 19.5 Å². The van der Waals surface area contributed by atoms with Crippen LogP contribution in [0, 0.1) is 0 Å². The Hall–Kier alpha value is -2.75. The fraction of sp³-hybridized carbons (Fsp3) is 0.250. The number of carbonyl (C=O) groups excluding carboxylic acids is 3. The predicted molar refractivity (Wildman–Crippen MR) is 88.6 cm³/mol. The first-order chi connectivity index (χ1) is 11.3. The molecular formula is C20H16O4. The number of fused-ring (bicyclic) bond motifs is 4. The van der Waals surface area contributed by atoms with E-state index in [2.05, 4.69) is 0 Å². The number of Topliss-reactive ketones (excluding diaryl/α,β-unsaturated/α-hetero) is 1. The average molecular weight is 320 g/mol. The summed E-state index contributed by atoms with van der Waals surface area (Å²) in [6, 6.07) is 3.15. The van der Waals surface area contributed by atoms with E-state index in [-0.39, 0.29) is 22.9 Å². The lowest BCUT2D eigenvalue weighted by Crippen LogP contribution is -2.37. The summed E-state index contributed by atoms with van der Waals surface area (Å²) in [4.78, 5) is 37.0. The maximum absolute atomic E-state index is 12.7. The molecule has 4 rings (SSSR count). The minimum absolute atomic E-state index is 0.230. The summed E-state index contributed by atoms with van der Waals surface area (Å²) in [6.07, 6.45) is 6.07. The largest absolute Gasteiger partial charge is 0.504 e. The van der Waals surface area contributed by atoms with E-state index in [1.165, 1.54) is 18.2 Å². The Kier molecular flexibility index (Phi) is 2.86. The van der Waals surface area contributed by atoms with Crippen molar-refractivity contribution in [3.63, 3.8) is 0 Å². The van der Waals surface area contributed by atoms with Crippen molar-refractivity contribution in [3.05, 3.63) is 69.5 Å². The number of benzene rings is 1. The molecule has 3 aliphatic carbocycles. The molecule has 0 amide bonds. The summed E-state index contributed by atoms with van der Waals surface area (Å²) in [5.74, 6) is -1.25. The molecule has 0 unspecified atom stereocenters.